The van der Waals surface area contributed by atoms with Crippen LogP contribution in [0.3, 0.4) is 0 Å². The molecule has 2 saturated carbocycles. The molecular formula is C17H31NO. The normalized spacial score (nSPS) is 39.6. The third kappa shape index (κ3) is 4.19. The van der Waals surface area contributed by atoms with E-state index < -0.39 is 0 Å². The molecule has 4 atom stereocenters. The number of hydrogen-bond acceptors (Lipinski definition) is 2. The number of hydrogen-bond donors (Lipinski definition) is 1. The molecule has 0 aromatic heterocycles. The Bertz CT molecular complexity index is 270. The first kappa shape index (κ1) is 13.9. The maximum Gasteiger partial charge on any atom is 0.0576 e. The van der Waals surface area contributed by atoms with Gasteiger partial charge in [-0.25, -0.2) is 0 Å². The van der Waals surface area contributed by atoms with Crippen LogP contribution in [0.5, 0.6) is 0 Å². The van der Waals surface area contributed by atoms with E-state index in [4.69, 9.17) is 4.74 Å². The molecule has 3 fully saturated rings. The molecule has 19 heavy (non-hydrogen) atoms. The lowest BCUT2D eigenvalue weighted by atomic mass is 9.72. The van der Waals surface area contributed by atoms with E-state index in [1.165, 1.54) is 64.3 Å². The van der Waals surface area contributed by atoms with Crippen LogP contribution in [0.15, 0.2) is 0 Å². The molecule has 1 heterocycles. The first-order chi connectivity index (χ1) is 9.31. The largest absolute Gasteiger partial charge is 0.378 e. The minimum Gasteiger partial charge on any atom is -0.378 e. The summed E-state index contributed by atoms with van der Waals surface area (Å²) in [6, 6.07) is 0.873. The maximum absolute atomic E-state index is 5.80. The van der Waals surface area contributed by atoms with Crippen LogP contribution in [0.2, 0.25) is 0 Å². The predicted octanol–water partition coefficient (Wildman–Crippen LogP) is 3.75. The third-order valence-electron chi connectivity index (χ3n) is 5.53. The first-order valence-corrected chi connectivity index (χ1v) is 8.66. The minimum atomic E-state index is 0.592. The van der Waals surface area contributed by atoms with Crippen molar-refractivity contribution in [2.75, 3.05) is 13.2 Å². The van der Waals surface area contributed by atoms with Crippen molar-refractivity contribution in [3.63, 3.8) is 0 Å². The molecular weight excluding hydrogens is 234 g/mol. The van der Waals surface area contributed by atoms with Crippen molar-refractivity contribution in [1.82, 2.24) is 5.32 Å². The van der Waals surface area contributed by atoms with Gasteiger partial charge >= 0.3 is 0 Å². The molecule has 110 valence electrons. The van der Waals surface area contributed by atoms with E-state index in [1.54, 1.807) is 0 Å². The molecule has 0 radical (unpaired) electrons. The highest BCUT2D eigenvalue weighted by molar-refractivity contribution is 4.86. The van der Waals surface area contributed by atoms with Gasteiger partial charge in [-0.1, -0.05) is 13.3 Å². The van der Waals surface area contributed by atoms with Gasteiger partial charge in [0.05, 0.1) is 6.10 Å². The summed E-state index contributed by atoms with van der Waals surface area (Å²) in [4.78, 5) is 0. The zero-order valence-corrected chi connectivity index (χ0v) is 12.6. The third-order valence-corrected chi connectivity index (χ3v) is 5.53. The Hall–Kier alpha value is -0.0800. The fourth-order valence-corrected chi connectivity index (χ4v) is 4.06. The van der Waals surface area contributed by atoms with Crippen molar-refractivity contribution >= 4 is 0 Å². The SMILES string of the molecule is CC1CCC(CNC2CC2)C(CCC2CCCO2)C1. The molecule has 3 aliphatic rings. The van der Waals surface area contributed by atoms with Gasteiger partial charge in [0.15, 0.2) is 0 Å². The number of nitrogens with one attached hydrogen (secondary N) is 1. The van der Waals surface area contributed by atoms with Gasteiger partial charge in [-0.2, -0.15) is 0 Å². The van der Waals surface area contributed by atoms with E-state index in [0.29, 0.717) is 6.10 Å². The van der Waals surface area contributed by atoms with Crippen molar-refractivity contribution in [3.05, 3.63) is 0 Å². The summed E-state index contributed by atoms with van der Waals surface area (Å²) >= 11 is 0. The highest BCUT2D eigenvalue weighted by Crippen LogP contribution is 2.37. The minimum absolute atomic E-state index is 0.592. The van der Waals surface area contributed by atoms with Crippen molar-refractivity contribution in [2.45, 2.75) is 76.9 Å². The van der Waals surface area contributed by atoms with Gasteiger partial charge in [0, 0.05) is 12.6 Å². The van der Waals surface area contributed by atoms with E-state index in [-0.39, 0.29) is 0 Å². The summed E-state index contributed by atoms with van der Waals surface area (Å²) in [5, 5.41) is 3.77. The Balaban J connectivity index is 1.44. The van der Waals surface area contributed by atoms with Crippen LogP contribution in [0.25, 0.3) is 0 Å². The summed E-state index contributed by atoms with van der Waals surface area (Å²) in [6.45, 7) is 4.75. The smallest absolute Gasteiger partial charge is 0.0576 e. The highest BCUT2D eigenvalue weighted by Gasteiger charge is 2.31. The first-order valence-electron chi connectivity index (χ1n) is 8.66. The Kier molecular flexibility index (Phi) is 4.81. The van der Waals surface area contributed by atoms with Crippen molar-refractivity contribution in [2.24, 2.45) is 17.8 Å². The van der Waals surface area contributed by atoms with E-state index >= 15 is 0 Å². The molecule has 0 bridgehead atoms. The zero-order valence-electron chi connectivity index (χ0n) is 12.6. The summed E-state index contributed by atoms with van der Waals surface area (Å²) in [5.74, 6) is 2.85. The van der Waals surface area contributed by atoms with Gasteiger partial charge in [0.25, 0.3) is 0 Å². The van der Waals surface area contributed by atoms with Crippen LogP contribution in [0.1, 0.15) is 64.7 Å². The Morgan fingerprint density at radius 3 is 2.63 bits per heavy atom. The number of ether oxygens (including phenoxy) is 1. The van der Waals surface area contributed by atoms with Gasteiger partial charge in [0.2, 0.25) is 0 Å². The summed E-state index contributed by atoms with van der Waals surface area (Å²) < 4.78 is 5.80. The van der Waals surface area contributed by atoms with Gasteiger partial charge in [0.1, 0.15) is 0 Å². The topological polar surface area (TPSA) is 21.3 Å². The molecule has 1 saturated heterocycles. The lowest BCUT2D eigenvalue weighted by Crippen LogP contribution is -2.34. The molecule has 3 rings (SSSR count). The molecule has 2 nitrogen and oxygen atoms in total. The van der Waals surface area contributed by atoms with Gasteiger partial charge < -0.3 is 10.1 Å². The van der Waals surface area contributed by atoms with Crippen molar-refractivity contribution in [3.8, 4) is 0 Å². The van der Waals surface area contributed by atoms with Crippen LogP contribution < -0.4 is 5.32 Å². The van der Waals surface area contributed by atoms with Crippen LogP contribution in [0.4, 0.5) is 0 Å². The van der Waals surface area contributed by atoms with Crippen molar-refractivity contribution < 1.29 is 4.74 Å². The van der Waals surface area contributed by atoms with Crippen LogP contribution in [-0.2, 0) is 4.74 Å². The second kappa shape index (κ2) is 6.58. The summed E-state index contributed by atoms with van der Waals surface area (Å²) in [5.41, 5.74) is 0. The van der Waals surface area contributed by atoms with Crippen LogP contribution in [-0.4, -0.2) is 25.3 Å². The van der Waals surface area contributed by atoms with Gasteiger partial charge in [-0.15, -0.1) is 0 Å². The van der Waals surface area contributed by atoms with Crippen LogP contribution in [0, 0.1) is 17.8 Å². The molecule has 2 heteroatoms. The molecule has 2 aliphatic carbocycles. The molecule has 1 aliphatic heterocycles. The Morgan fingerprint density at radius 1 is 1.00 bits per heavy atom. The highest BCUT2D eigenvalue weighted by atomic mass is 16.5. The fourth-order valence-electron chi connectivity index (χ4n) is 4.06. The van der Waals surface area contributed by atoms with Crippen molar-refractivity contribution in [1.29, 1.82) is 0 Å². The average Bonchev–Trinajstić information content (AvgIpc) is 3.09. The Morgan fingerprint density at radius 2 is 1.89 bits per heavy atom. The molecule has 0 spiro atoms. The summed E-state index contributed by atoms with van der Waals surface area (Å²) in [6.07, 6.45) is 13.1. The standard InChI is InChI=1S/C17H31NO/c1-13-4-5-15(12-18-16-7-8-16)14(11-13)6-9-17-3-2-10-19-17/h13-18H,2-12H2,1H3. The molecule has 0 aromatic rings. The zero-order chi connectivity index (χ0) is 13.1. The van der Waals surface area contributed by atoms with Crippen LogP contribution >= 0.6 is 0 Å². The molecule has 0 amide bonds. The number of rotatable bonds is 6. The lowest BCUT2D eigenvalue weighted by Gasteiger charge is -2.35. The molecule has 0 aromatic carbocycles. The van der Waals surface area contributed by atoms with Gasteiger partial charge in [-0.3, -0.25) is 0 Å². The van der Waals surface area contributed by atoms with E-state index in [1.807, 2.05) is 0 Å². The van der Waals surface area contributed by atoms with E-state index in [0.717, 1.165) is 30.4 Å². The molecule has 1 N–H and O–H groups in total. The fraction of sp³-hybridized carbons (Fsp3) is 1.00. The summed E-state index contributed by atoms with van der Waals surface area (Å²) in [7, 11) is 0. The quantitative estimate of drug-likeness (QED) is 0.789. The average molecular weight is 265 g/mol. The lowest BCUT2D eigenvalue weighted by molar-refractivity contribution is 0.0853. The van der Waals surface area contributed by atoms with E-state index in [2.05, 4.69) is 12.2 Å². The monoisotopic (exact) mass is 265 g/mol. The maximum atomic E-state index is 5.80. The van der Waals surface area contributed by atoms with Gasteiger partial charge in [-0.05, 0) is 75.7 Å². The predicted molar refractivity (Wildman–Crippen MR) is 79.2 cm³/mol. The van der Waals surface area contributed by atoms with E-state index in [9.17, 15) is 0 Å². The molecule has 4 unspecified atom stereocenters. The second-order valence-electron chi connectivity index (χ2n) is 7.33. The Labute approximate surface area is 118 Å². The second-order valence-corrected chi connectivity index (χ2v) is 7.33.